The molecule has 2 N–H and O–H groups in total. The first-order valence-electron chi connectivity index (χ1n) is 7.22. The van der Waals surface area contributed by atoms with Crippen molar-refractivity contribution in [3.63, 3.8) is 0 Å². The Morgan fingerprint density at radius 2 is 2.32 bits per heavy atom. The molecule has 0 spiro atoms. The van der Waals surface area contributed by atoms with E-state index in [1.165, 1.54) is 12.8 Å². The highest BCUT2D eigenvalue weighted by molar-refractivity contribution is 6.30. The molecule has 0 radical (unpaired) electrons. The summed E-state index contributed by atoms with van der Waals surface area (Å²) >= 11 is 6.08. The standard InChI is InChI=1S/C16H24ClNO/c1-3-19-16(9-5-6-12(2)11-16)15(18)13-7-4-8-14(17)10-13/h4,7-8,10,12,15H,3,5-6,9,11,18H2,1-2H3. The second kappa shape index (κ2) is 6.25. The van der Waals surface area contributed by atoms with Crippen molar-refractivity contribution in [2.75, 3.05) is 6.61 Å². The maximum atomic E-state index is 6.54. The molecular weight excluding hydrogens is 258 g/mol. The largest absolute Gasteiger partial charge is 0.373 e. The number of nitrogens with two attached hydrogens (primary N) is 1. The zero-order chi connectivity index (χ0) is 13.9. The fourth-order valence-corrected chi connectivity index (χ4v) is 3.54. The maximum Gasteiger partial charge on any atom is 0.0876 e. The lowest BCUT2D eigenvalue weighted by molar-refractivity contribution is -0.0938. The lowest BCUT2D eigenvalue weighted by Crippen LogP contribution is -2.47. The molecule has 2 nitrogen and oxygen atoms in total. The number of hydrogen-bond acceptors (Lipinski definition) is 2. The summed E-state index contributed by atoms with van der Waals surface area (Å²) in [6, 6.07) is 7.76. The predicted octanol–water partition coefficient (Wildman–Crippen LogP) is 4.33. The first-order valence-corrected chi connectivity index (χ1v) is 7.60. The van der Waals surface area contributed by atoms with E-state index in [0.29, 0.717) is 12.5 Å². The van der Waals surface area contributed by atoms with Crippen LogP contribution in [0.5, 0.6) is 0 Å². The quantitative estimate of drug-likeness (QED) is 0.892. The lowest BCUT2D eigenvalue weighted by Gasteiger charge is -2.44. The molecule has 3 atom stereocenters. The number of rotatable bonds is 4. The fraction of sp³-hybridized carbons (Fsp3) is 0.625. The van der Waals surface area contributed by atoms with Crippen LogP contribution in [0.15, 0.2) is 24.3 Å². The van der Waals surface area contributed by atoms with E-state index < -0.39 is 0 Å². The zero-order valence-electron chi connectivity index (χ0n) is 11.9. The Bertz CT molecular complexity index is 419. The number of benzene rings is 1. The molecule has 0 saturated heterocycles. The molecule has 2 rings (SSSR count). The van der Waals surface area contributed by atoms with Crippen LogP contribution in [0.25, 0.3) is 0 Å². The predicted molar refractivity (Wildman–Crippen MR) is 80.4 cm³/mol. The van der Waals surface area contributed by atoms with Crippen LogP contribution >= 0.6 is 11.6 Å². The van der Waals surface area contributed by atoms with Crippen LogP contribution in [-0.4, -0.2) is 12.2 Å². The molecule has 0 heterocycles. The van der Waals surface area contributed by atoms with Crippen LogP contribution in [0.1, 0.15) is 51.1 Å². The van der Waals surface area contributed by atoms with Crippen LogP contribution in [0, 0.1) is 5.92 Å². The summed E-state index contributed by atoms with van der Waals surface area (Å²) in [4.78, 5) is 0. The average Bonchev–Trinajstić information content (AvgIpc) is 2.38. The van der Waals surface area contributed by atoms with Crippen molar-refractivity contribution in [1.29, 1.82) is 0 Å². The van der Waals surface area contributed by atoms with E-state index in [9.17, 15) is 0 Å². The van der Waals surface area contributed by atoms with Gasteiger partial charge >= 0.3 is 0 Å². The maximum absolute atomic E-state index is 6.54. The molecule has 0 bridgehead atoms. The highest BCUT2D eigenvalue weighted by Gasteiger charge is 2.41. The van der Waals surface area contributed by atoms with Crippen LogP contribution in [0.4, 0.5) is 0 Å². The number of ether oxygens (including phenoxy) is 1. The minimum absolute atomic E-state index is 0.103. The van der Waals surface area contributed by atoms with Gasteiger partial charge in [-0.15, -0.1) is 0 Å². The van der Waals surface area contributed by atoms with Crippen LogP contribution in [0.2, 0.25) is 5.02 Å². The summed E-state index contributed by atoms with van der Waals surface area (Å²) in [5, 5.41) is 0.739. The molecule has 3 heteroatoms. The first kappa shape index (κ1) is 14.8. The van der Waals surface area contributed by atoms with Gasteiger partial charge in [0.15, 0.2) is 0 Å². The van der Waals surface area contributed by atoms with Gasteiger partial charge in [0.2, 0.25) is 0 Å². The summed E-state index contributed by atoms with van der Waals surface area (Å²) in [5.74, 6) is 0.672. The summed E-state index contributed by atoms with van der Waals surface area (Å²) in [5.41, 5.74) is 7.39. The summed E-state index contributed by atoms with van der Waals surface area (Å²) < 4.78 is 6.13. The molecule has 1 saturated carbocycles. The van der Waals surface area contributed by atoms with Gasteiger partial charge in [-0.1, -0.05) is 43.5 Å². The molecule has 0 aromatic heterocycles. The molecule has 106 valence electrons. The Morgan fingerprint density at radius 1 is 1.53 bits per heavy atom. The Kier molecular flexibility index (Phi) is 4.88. The molecule has 1 aliphatic carbocycles. The Hall–Kier alpha value is -0.570. The molecular formula is C16H24ClNO. The van der Waals surface area contributed by atoms with Crippen molar-refractivity contribution in [3.8, 4) is 0 Å². The normalized spacial score (nSPS) is 29.2. The zero-order valence-corrected chi connectivity index (χ0v) is 12.6. The summed E-state index contributed by atoms with van der Waals surface area (Å²) in [6.07, 6.45) is 4.54. The molecule has 3 unspecified atom stereocenters. The van der Waals surface area contributed by atoms with E-state index in [1.807, 2.05) is 25.1 Å². The van der Waals surface area contributed by atoms with Crippen LogP contribution in [-0.2, 0) is 4.74 Å². The van der Waals surface area contributed by atoms with Gasteiger partial charge < -0.3 is 10.5 Å². The van der Waals surface area contributed by atoms with Crippen LogP contribution < -0.4 is 5.73 Å². The van der Waals surface area contributed by atoms with Crippen molar-refractivity contribution in [3.05, 3.63) is 34.9 Å². The first-order chi connectivity index (χ1) is 9.07. The van der Waals surface area contributed by atoms with E-state index in [0.717, 1.165) is 23.4 Å². The molecule has 0 amide bonds. The van der Waals surface area contributed by atoms with Crippen molar-refractivity contribution < 1.29 is 4.74 Å². The monoisotopic (exact) mass is 281 g/mol. The van der Waals surface area contributed by atoms with Gasteiger partial charge in [0.05, 0.1) is 11.6 Å². The molecule has 19 heavy (non-hydrogen) atoms. The molecule has 0 aliphatic heterocycles. The van der Waals surface area contributed by atoms with Crippen molar-refractivity contribution in [2.24, 2.45) is 11.7 Å². The third kappa shape index (κ3) is 3.31. The van der Waals surface area contributed by atoms with E-state index in [1.54, 1.807) is 0 Å². The van der Waals surface area contributed by atoms with E-state index in [-0.39, 0.29) is 11.6 Å². The minimum Gasteiger partial charge on any atom is -0.373 e. The molecule has 1 aromatic rings. The minimum atomic E-state index is -0.225. The Balaban J connectivity index is 2.27. The van der Waals surface area contributed by atoms with Gasteiger partial charge in [-0.3, -0.25) is 0 Å². The van der Waals surface area contributed by atoms with Gasteiger partial charge in [0.25, 0.3) is 0 Å². The molecule has 1 aliphatic rings. The Morgan fingerprint density at radius 3 is 2.95 bits per heavy atom. The van der Waals surface area contributed by atoms with E-state index in [4.69, 9.17) is 22.1 Å². The van der Waals surface area contributed by atoms with Gasteiger partial charge in [-0.25, -0.2) is 0 Å². The lowest BCUT2D eigenvalue weighted by atomic mass is 9.73. The summed E-state index contributed by atoms with van der Waals surface area (Å²) in [6.45, 7) is 5.05. The second-order valence-electron chi connectivity index (χ2n) is 5.73. The topological polar surface area (TPSA) is 35.2 Å². The van der Waals surface area contributed by atoms with Gasteiger partial charge in [-0.05, 0) is 43.4 Å². The Labute approximate surface area is 121 Å². The van der Waals surface area contributed by atoms with Crippen molar-refractivity contribution in [2.45, 2.75) is 51.2 Å². The van der Waals surface area contributed by atoms with Gasteiger partial charge in [0.1, 0.15) is 0 Å². The molecule has 1 aromatic carbocycles. The van der Waals surface area contributed by atoms with Crippen LogP contribution in [0.3, 0.4) is 0 Å². The number of halogens is 1. The van der Waals surface area contributed by atoms with Crippen molar-refractivity contribution >= 4 is 11.6 Å². The molecule has 1 fully saturated rings. The van der Waals surface area contributed by atoms with Gasteiger partial charge in [0, 0.05) is 11.6 Å². The smallest absolute Gasteiger partial charge is 0.0876 e. The van der Waals surface area contributed by atoms with E-state index >= 15 is 0 Å². The van der Waals surface area contributed by atoms with Crippen molar-refractivity contribution in [1.82, 2.24) is 0 Å². The third-order valence-electron chi connectivity index (χ3n) is 4.20. The highest BCUT2D eigenvalue weighted by Crippen LogP contribution is 2.42. The second-order valence-corrected chi connectivity index (χ2v) is 6.17. The summed E-state index contributed by atoms with van der Waals surface area (Å²) in [7, 11) is 0. The fourth-order valence-electron chi connectivity index (χ4n) is 3.34. The highest BCUT2D eigenvalue weighted by atomic mass is 35.5. The number of hydrogen-bond donors (Lipinski definition) is 1. The van der Waals surface area contributed by atoms with E-state index in [2.05, 4.69) is 13.0 Å². The average molecular weight is 282 g/mol. The SMILES string of the molecule is CCOC1(C(N)c2cccc(Cl)c2)CCCC(C)C1. The third-order valence-corrected chi connectivity index (χ3v) is 4.43. The van der Waals surface area contributed by atoms with Gasteiger partial charge in [-0.2, -0.15) is 0 Å².